The molecule has 1 aromatic rings. The molecule has 6 heteroatoms. The lowest BCUT2D eigenvalue weighted by molar-refractivity contribution is -0.144. The van der Waals surface area contributed by atoms with Gasteiger partial charge in [-0.05, 0) is 30.4 Å². The molecule has 1 aromatic carbocycles. The normalized spacial score (nSPS) is 25.9. The summed E-state index contributed by atoms with van der Waals surface area (Å²) < 4.78 is 5.27. The standard InChI is InChI=1S/C14H17NO5/c1-20-12-5-3-2-4-9(12)8-6-10(13(16)17)15-11(7-8)14(18)19/h2-5,8,10-11,15H,6-7H2,1H3,(H,16,17)(H,18,19). The molecular weight excluding hydrogens is 262 g/mol. The summed E-state index contributed by atoms with van der Waals surface area (Å²) in [5.41, 5.74) is 0.856. The molecule has 6 nitrogen and oxygen atoms in total. The minimum atomic E-state index is -1.03. The molecule has 20 heavy (non-hydrogen) atoms. The first-order valence-corrected chi connectivity index (χ1v) is 6.37. The smallest absolute Gasteiger partial charge is 0.320 e. The van der Waals surface area contributed by atoms with Crippen LogP contribution in [-0.4, -0.2) is 41.3 Å². The van der Waals surface area contributed by atoms with E-state index in [2.05, 4.69) is 5.32 Å². The van der Waals surface area contributed by atoms with Crippen LogP contribution < -0.4 is 10.1 Å². The van der Waals surface area contributed by atoms with Crippen molar-refractivity contribution in [2.75, 3.05) is 7.11 Å². The van der Waals surface area contributed by atoms with Crippen LogP contribution in [0.25, 0.3) is 0 Å². The van der Waals surface area contributed by atoms with Crippen molar-refractivity contribution >= 4 is 11.9 Å². The average molecular weight is 279 g/mol. The highest BCUT2D eigenvalue weighted by Crippen LogP contribution is 2.35. The Balaban J connectivity index is 2.29. The van der Waals surface area contributed by atoms with Crippen LogP contribution in [-0.2, 0) is 9.59 Å². The first kappa shape index (κ1) is 14.3. The molecule has 1 heterocycles. The van der Waals surface area contributed by atoms with Crippen LogP contribution in [0.4, 0.5) is 0 Å². The Morgan fingerprint density at radius 2 is 1.70 bits per heavy atom. The zero-order valence-corrected chi connectivity index (χ0v) is 11.1. The van der Waals surface area contributed by atoms with E-state index in [0.717, 1.165) is 5.56 Å². The van der Waals surface area contributed by atoms with Gasteiger partial charge in [0, 0.05) is 0 Å². The molecule has 0 amide bonds. The van der Waals surface area contributed by atoms with Crippen LogP contribution >= 0.6 is 0 Å². The molecule has 2 atom stereocenters. The van der Waals surface area contributed by atoms with E-state index in [1.165, 1.54) is 0 Å². The van der Waals surface area contributed by atoms with Crippen molar-refractivity contribution in [3.8, 4) is 5.75 Å². The fourth-order valence-corrected chi connectivity index (χ4v) is 2.65. The van der Waals surface area contributed by atoms with Gasteiger partial charge in [-0.25, -0.2) is 0 Å². The fourth-order valence-electron chi connectivity index (χ4n) is 2.65. The number of piperidine rings is 1. The maximum atomic E-state index is 11.2. The number of carboxylic acid groups (broad SMARTS) is 2. The Morgan fingerprint density at radius 3 is 2.20 bits per heavy atom. The lowest BCUT2D eigenvalue weighted by atomic mass is 9.82. The number of para-hydroxylation sites is 1. The second-order valence-electron chi connectivity index (χ2n) is 4.86. The van der Waals surface area contributed by atoms with Gasteiger partial charge >= 0.3 is 11.9 Å². The van der Waals surface area contributed by atoms with Gasteiger partial charge in [0.2, 0.25) is 0 Å². The third kappa shape index (κ3) is 2.91. The Kier molecular flexibility index (Phi) is 4.24. The molecule has 1 aliphatic rings. The van der Waals surface area contributed by atoms with Crippen LogP contribution in [0.2, 0.25) is 0 Å². The molecule has 1 aliphatic heterocycles. The maximum absolute atomic E-state index is 11.2. The predicted molar refractivity (Wildman–Crippen MR) is 71.0 cm³/mol. The summed E-state index contributed by atoms with van der Waals surface area (Å²) in [5.74, 6) is -1.56. The maximum Gasteiger partial charge on any atom is 0.320 e. The molecule has 2 rings (SSSR count). The average Bonchev–Trinajstić information content (AvgIpc) is 2.46. The molecule has 2 unspecified atom stereocenters. The highest BCUT2D eigenvalue weighted by molar-refractivity contribution is 5.78. The second-order valence-corrected chi connectivity index (χ2v) is 4.86. The van der Waals surface area contributed by atoms with Crippen molar-refractivity contribution in [1.82, 2.24) is 5.32 Å². The summed E-state index contributed by atoms with van der Waals surface area (Å²) in [4.78, 5) is 22.3. The Morgan fingerprint density at radius 1 is 1.15 bits per heavy atom. The van der Waals surface area contributed by atoms with Crippen molar-refractivity contribution in [2.45, 2.75) is 30.8 Å². The lowest BCUT2D eigenvalue weighted by Crippen LogP contribution is -2.52. The third-order valence-electron chi connectivity index (χ3n) is 3.62. The van der Waals surface area contributed by atoms with Gasteiger partial charge in [0.1, 0.15) is 17.8 Å². The van der Waals surface area contributed by atoms with E-state index in [-0.39, 0.29) is 5.92 Å². The van der Waals surface area contributed by atoms with Crippen molar-refractivity contribution in [3.05, 3.63) is 29.8 Å². The van der Waals surface area contributed by atoms with Crippen LogP contribution in [0.5, 0.6) is 5.75 Å². The zero-order chi connectivity index (χ0) is 14.7. The number of carboxylic acids is 2. The number of rotatable bonds is 4. The first-order valence-electron chi connectivity index (χ1n) is 6.37. The Hall–Kier alpha value is -2.08. The first-order chi connectivity index (χ1) is 9.52. The van der Waals surface area contributed by atoms with Crippen molar-refractivity contribution < 1.29 is 24.5 Å². The number of methoxy groups -OCH3 is 1. The van der Waals surface area contributed by atoms with Crippen LogP contribution in [0.3, 0.4) is 0 Å². The topological polar surface area (TPSA) is 95.9 Å². The predicted octanol–water partition coefficient (Wildman–Crippen LogP) is 1.07. The van der Waals surface area contributed by atoms with E-state index in [1.807, 2.05) is 18.2 Å². The third-order valence-corrected chi connectivity index (χ3v) is 3.62. The SMILES string of the molecule is COc1ccccc1C1CC(C(=O)O)NC(C(=O)O)C1. The molecule has 0 aromatic heterocycles. The van der Waals surface area contributed by atoms with E-state index in [0.29, 0.717) is 18.6 Å². The second kappa shape index (κ2) is 5.92. The van der Waals surface area contributed by atoms with Gasteiger partial charge in [-0.15, -0.1) is 0 Å². The molecule has 1 saturated heterocycles. The van der Waals surface area contributed by atoms with Crippen molar-refractivity contribution in [2.24, 2.45) is 0 Å². The lowest BCUT2D eigenvalue weighted by Gasteiger charge is -2.33. The summed E-state index contributed by atoms with van der Waals surface area (Å²) in [6.07, 6.45) is 0.693. The highest BCUT2D eigenvalue weighted by atomic mass is 16.5. The van der Waals surface area contributed by atoms with Gasteiger partial charge in [-0.3, -0.25) is 14.9 Å². The highest BCUT2D eigenvalue weighted by Gasteiger charge is 2.36. The number of hydrogen-bond donors (Lipinski definition) is 3. The molecule has 0 spiro atoms. The molecule has 3 N–H and O–H groups in total. The van der Waals surface area contributed by atoms with Crippen LogP contribution in [0, 0.1) is 0 Å². The van der Waals surface area contributed by atoms with Crippen LogP contribution in [0.15, 0.2) is 24.3 Å². The number of hydrogen-bond acceptors (Lipinski definition) is 4. The van der Waals surface area contributed by atoms with Crippen molar-refractivity contribution in [1.29, 1.82) is 0 Å². The minimum absolute atomic E-state index is 0.158. The van der Waals surface area contributed by atoms with Crippen molar-refractivity contribution in [3.63, 3.8) is 0 Å². The summed E-state index contributed by atoms with van der Waals surface area (Å²) in [5, 5.41) is 20.9. The largest absolute Gasteiger partial charge is 0.496 e. The van der Waals surface area contributed by atoms with Gasteiger partial charge < -0.3 is 14.9 Å². The van der Waals surface area contributed by atoms with E-state index in [9.17, 15) is 9.59 Å². The summed E-state index contributed by atoms with van der Waals surface area (Å²) >= 11 is 0. The number of nitrogens with one attached hydrogen (secondary N) is 1. The summed E-state index contributed by atoms with van der Waals surface area (Å²) in [7, 11) is 1.54. The quantitative estimate of drug-likeness (QED) is 0.763. The molecule has 0 saturated carbocycles. The summed E-state index contributed by atoms with van der Waals surface area (Å²) in [6.45, 7) is 0. The molecular formula is C14H17NO5. The molecule has 0 bridgehead atoms. The van der Waals surface area contributed by atoms with Gasteiger partial charge in [-0.2, -0.15) is 0 Å². The molecule has 0 radical (unpaired) electrons. The van der Waals surface area contributed by atoms with Gasteiger partial charge in [0.25, 0.3) is 0 Å². The van der Waals surface area contributed by atoms with Gasteiger partial charge in [0.15, 0.2) is 0 Å². The Bertz CT molecular complexity index is 494. The number of ether oxygens (including phenoxy) is 1. The number of aliphatic carboxylic acids is 2. The zero-order valence-electron chi connectivity index (χ0n) is 11.1. The van der Waals surface area contributed by atoms with E-state index in [1.54, 1.807) is 13.2 Å². The summed E-state index contributed by atoms with van der Waals surface area (Å²) in [6, 6.07) is 5.59. The number of carbonyl (C=O) groups is 2. The molecule has 0 aliphatic carbocycles. The molecule has 108 valence electrons. The fraction of sp³-hybridized carbons (Fsp3) is 0.429. The molecule has 1 fully saturated rings. The van der Waals surface area contributed by atoms with Crippen LogP contribution in [0.1, 0.15) is 24.3 Å². The van der Waals surface area contributed by atoms with E-state index >= 15 is 0 Å². The van der Waals surface area contributed by atoms with E-state index < -0.39 is 24.0 Å². The van der Waals surface area contributed by atoms with Gasteiger partial charge in [-0.1, -0.05) is 18.2 Å². The van der Waals surface area contributed by atoms with Gasteiger partial charge in [0.05, 0.1) is 7.11 Å². The minimum Gasteiger partial charge on any atom is -0.496 e. The Labute approximate surface area is 116 Å². The number of benzene rings is 1. The van der Waals surface area contributed by atoms with E-state index in [4.69, 9.17) is 14.9 Å². The monoisotopic (exact) mass is 279 g/mol.